The Hall–Kier alpha value is -3.11. The van der Waals surface area contributed by atoms with Gasteiger partial charge in [0.2, 0.25) is 11.9 Å². The molecule has 216 valence electrons. The molecule has 2 aromatic heterocycles. The van der Waals surface area contributed by atoms with E-state index in [1.165, 1.54) is 18.2 Å². The molecular weight excluding hydrogens is 532 g/mol. The molecule has 3 aromatic rings. The number of carbonyl (C=O) groups excluding carboxylic acids is 2. The van der Waals surface area contributed by atoms with Crippen molar-refractivity contribution in [3.8, 4) is 0 Å². The Labute approximate surface area is 238 Å². The minimum atomic E-state index is -2.62. The molecule has 0 radical (unpaired) electrons. The van der Waals surface area contributed by atoms with Gasteiger partial charge < -0.3 is 14.8 Å². The first-order valence-corrected chi connectivity index (χ1v) is 14.6. The average molecular weight is 572 g/mol. The normalized spacial score (nSPS) is 17.5. The van der Waals surface area contributed by atoms with Crippen LogP contribution in [0.15, 0.2) is 43.0 Å². The molecule has 1 aliphatic heterocycles. The number of thiophene rings is 1. The third kappa shape index (κ3) is 6.96. The number of halogens is 2. The number of hydrogen-bond acceptors (Lipinski definition) is 5. The van der Waals surface area contributed by atoms with Crippen LogP contribution in [0, 0.1) is 5.41 Å². The van der Waals surface area contributed by atoms with E-state index in [4.69, 9.17) is 4.98 Å². The van der Waals surface area contributed by atoms with E-state index < -0.39 is 12.3 Å². The van der Waals surface area contributed by atoms with Crippen LogP contribution in [-0.4, -0.2) is 45.4 Å². The Balaban J connectivity index is 1.67. The number of benzene rings is 1. The Bertz CT molecular complexity index is 1360. The quantitative estimate of drug-likeness (QED) is 0.287. The van der Waals surface area contributed by atoms with E-state index in [2.05, 4.69) is 51.0 Å². The molecule has 3 heterocycles. The first-order chi connectivity index (χ1) is 19.0. The highest BCUT2D eigenvalue weighted by Crippen LogP contribution is 2.33. The van der Waals surface area contributed by atoms with Gasteiger partial charge in [-0.25, -0.2) is 13.8 Å². The lowest BCUT2D eigenvalue weighted by atomic mass is 9.88. The molecular formula is C30H39F2N5O2S. The summed E-state index contributed by atoms with van der Waals surface area (Å²) in [7, 11) is 0. The number of rotatable bonds is 8. The Kier molecular flexibility index (Phi) is 9.41. The number of anilines is 1. The minimum absolute atomic E-state index is 0.00874. The first kappa shape index (κ1) is 29.9. The summed E-state index contributed by atoms with van der Waals surface area (Å²) in [5.41, 5.74) is 2.83. The zero-order valence-corrected chi connectivity index (χ0v) is 24.5. The van der Waals surface area contributed by atoms with Gasteiger partial charge >= 0.3 is 0 Å². The number of fused-ring (bicyclic) bond motifs is 1. The average Bonchev–Trinajstić information content (AvgIpc) is 3.52. The summed E-state index contributed by atoms with van der Waals surface area (Å²) in [4.78, 5) is 32.2. The van der Waals surface area contributed by atoms with Crippen LogP contribution in [0.3, 0.4) is 0 Å². The van der Waals surface area contributed by atoms with Crippen molar-refractivity contribution in [2.75, 3.05) is 18.4 Å². The number of hydrogen-bond donors (Lipinski definition) is 2. The topological polar surface area (TPSA) is 79.3 Å². The minimum Gasteiger partial charge on any atom is -0.339 e. The van der Waals surface area contributed by atoms with Gasteiger partial charge in [0.15, 0.2) is 0 Å². The van der Waals surface area contributed by atoms with Gasteiger partial charge in [-0.2, -0.15) is 0 Å². The predicted molar refractivity (Wildman–Crippen MR) is 157 cm³/mol. The molecule has 2 N–H and O–H groups in total. The fourth-order valence-corrected chi connectivity index (χ4v) is 5.65. The van der Waals surface area contributed by atoms with Gasteiger partial charge in [-0.05, 0) is 73.9 Å². The molecule has 2 amide bonds. The summed E-state index contributed by atoms with van der Waals surface area (Å²) in [6.07, 6.45) is 2.06. The van der Waals surface area contributed by atoms with Crippen LogP contribution >= 0.6 is 11.3 Å². The van der Waals surface area contributed by atoms with E-state index in [1.54, 1.807) is 0 Å². The van der Waals surface area contributed by atoms with Crippen LogP contribution in [0.4, 0.5) is 14.7 Å². The van der Waals surface area contributed by atoms with Crippen molar-refractivity contribution >= 4 is 40.1 Å². The van der Waals surface area contributed by atoms with Crippen molar-refractivity contribution in [3.05, 3.63) is 58.3 Å². The highest BCUT2D eigenvalue weighted by atomic mass is 32.1. The van der Waals surface area contributed by atoms with Crippen molar-refractivity contribution in [3.63, 3.8) is 0 Å². The maximum absolute atomic E-state index is 13.1. The summed E-state index contributed by atoms with van der Waals surface area (Å²) in [6, 6.07) is 9.12. The molecule has 0 saturated carbocycles. The second-order valence-corrected chi connectivity index (χ2v) is 12.6. The number of alkyl halides is 2. The second-order valence-electron chi connectivity index (χ2n) is 11.5. The molecule has 10 heteroatoms. The van der Waals surface area contributed by atoms with Crippen LogP contribution in [0.1, 0.15) is 86.0 Å². The van der Waals surface area contributed by atoms with Gasteiger partial charge in [-0.3, -0.25) is 14.9 Å². The number of amides is 2. The summed E-state index contributed by atoms with van der Waals surface area (Å²) in [5.74, 6) is -0.171. The second kappa shape index (κ2) is 12.6. The highest BCUT2D eigenvalue weighted by molar-refractivity contribution is 7.14. The molecule has 0 aliphatic carbocycles. The van der Waals surface area contributed by atoms with Crippen LogP contribution in [0.5, 0.6) is 0 Å². The zero-order chi connectivity index (χ0) is 29.0. The van der Waals surface area contributed by atoms with Crippen molar-refractivity contribution in [2.45, 2.75) is 78.4 Å². The van der Waals surface area contributed by atoms with Crippen molar-refractivity contribution in [1.29, 1.82) is 0 Å². The van der Waals surface area contributed by atoms with Crippen molar-refractivity contribution in [1.82, 2.24) is 19.8 Å². The predicted octanol–water partition coefficient (Wildman–Crippen LogP) is 6.94. The number of imidazole rings is 1. The van der Waals surface area contributed by atoms with Crippen LogP contribution in [-0.2, 0) is 11.3 Å². The lowest BCUT2D eigenvalue weighted by molar-refractivity contribution is -0.126. The molecule has 1 saturated heterocycles. The van der Waals surface area contributed by atoms with Gasteiger partial charge in [0, 0.05) is 31.7 Å². The van der Waals surface area contributed by atoms with Gasteiger partial charge in [0.25, 0.3) is 12.3 Å². The molecule has 40 heavy (non-hydrogen) atoms. The third-order valence-electron chi connectivity index (χ3n) is 7.76. The largest absolute Gasteiger partial charge is 0.339 e. The summed E-state index contributed by atoms with van der Waals surface area (Å²) in [5, 5.41) is 6.48. The molecule has 7 nitrogen and oxygen atoms in total. The van der Waals surface area contributed by atoms with Crippen LogP contribution in [0.2, 0.25) is 0 Å². The van der Waals surface area contributed by atoms with E-state index in [9.17, 15) is 18.4 Å². The van der Waals surface area contributed by atoms with E-state index in [-0.39, 0.29) is 27.1 Å². The SMILES string of the molecule is C=CC(=O)N1CCCC[C@@H](n2c(NC(=O)c3ccc(C(F)F)s3)nc3cc(CN[C@@H](C)C(C)(C)C)ccc32)CC1. The maximum atomic E-state index is 13.1. The Morgan fingerprint density at radius 3 is 2.62 bits per heavy atom. The van der Waals surface area contributed by atoms with E-state index >= 15 is 0 Å². The van der Waals surface area contributed by atoms with E-state index in [1.807, 2.05) is 21.6 Å². The van der Waals surface area contributed by atoms with E-state index in [0.717, 1.165) is 47.2 Å². The van der Waals surface area contributed by atoms with Gasteiger partial charge in [-0.1, -0.05) is 33.4 Å². The van der Waals surface area contributed by atoms with Gasteiger partial charge in [-0.15, -0.1) is 11.3 Å². The third-order valence-corrected chi connectivity index (χ3v) is 8.85. The van der Waals surface area contributed by atoms with Crippen LogP contribution in [0.25, 0.3) is 11.0 Å². The molecule has 2 atom stereocenters. The lowest BCUT2D eigenvalue weighted by Gasteiger charge is -2.29. The summed E-state index contributed by atoms with van der Waals surface area (Å²) in [6.45, 7) is 14.3. The zero-order valence-electron chi connectivity index (χ0n) is 23.7. The van der Waals surface area contributed by atoms with Crippen molar-refractivity contribution < 1.29 is 18.4 Å². The van der Waals surface area contributed by atoms with E-state index in [0.29, 0.717) is 38.0 Å². The van der Waals surface area contributed by atoms with Crippen LogP contribution < -0.4 is 10.6 Å². The van der Waals surface area contributed by atoms with Gasteiger partial charge in [0.05, 0.1) is 20.8 Å². The number of carbonyl (C=O) groups is 2. The number of likely N-dealkylation sites (tertiary alicyclic amines) is 1. The fraction of sp³-hybridized carbons (Fsp3) is 0.500. The molecule has 1 fully saturated rings. The molecule has 1 aliphatic rings. The smallest absolute Gasteiger partial charge is 0.272 e. The Morgan fingerprint density at radius 2 is 1.95 bits per heavy atom. The molecule has 4 rings (SSSR count). The fourth-order valence-electron chi connectivity index (χ4n) is 4.90. The summed E-state index contributed by atoms with van der Waals surface area (Å²) < 4.78 is 28.3. The number of aromatic nitrogens is 2. The monoisotopic (exact) mass is 571 g/mol. The molecule has 1 aromatic carbocycles. The Morgan fingerprint density at radius 1 is 1.18 bits per heavy atom. The van der Waals surface area contributed by atoms with Gasteiger partial charge in [0.1, 0.15) is 0 Å². The first-order valence-electron chi connectivity index (χ1n) is 13.8. The lowest BCUT2D eigenvalue weighted by Crippen LogP contribution is -2.37. The standard InChI is InChI=1S/C30H39F2N5O2S/c1-6-26(38)36-15-8-7-9-21(14-16-36)37-23-11-10-20(18-33-19(2)30(3,4)5)17-22(23)34-29(37)35-28(39)25-13-12-24(40-25)27(31)32/h6,10-13,17,19,21,27,33H,1,7-9,14-16,18H2,2-5H3,(H,34,35,39)/t19-,21+/m0/s1. The highest BCUT2D eigenvalue weighted by Gasteiger charge is 2.25. The molecule has 0 bridgehead atoms. The number of nitrogens with one attached hydrogen (secondary N) is 2. The summed E-state index contributed by atoms with van der Waals surface area (Å²) >= 11 is 0.781. The maximum Gasteiger partial charge on any atom is 0.272 e. The molecule has 0 spiro atoms. The number of nitrogens with zero attached hydrogens (tertiary/aromatic N) is 3. The van der Waals surface area contributed by atoms with Crippen molar-refractivity contribution in [2.24, 2.45) is 5.41 Å². The molecule has 0 unspecified atom stereocenters.